The Kier molecular flexibility index (Phi) is 8.01. The smallest absolute Gasteiger partial charge is 0.417 e. The number of alkyl halides is 6. The van der Waals surface area contributed by atoms with Gasteiger partial charge >= 0.3 is 18.3 Å². The summed E-state index contributed by atoms with van der Waals surface area (Å²) in [4.78, 5) is 12.6. The summed E-state index contributed by atoms with van der Waals surface area (Å²) < 4.78 is 93.4. The predicted molar refractivity (Wildman–Crippen MR) is 123 cm³/mol. The number of methoxy groups -OCH3 is 1. The minimum absolute atomic E-state index is 0.0526. The molecule has 0 aliphatic heterocycles. The van der Waals surface area contributed by atoms with Crippen LogP contribution in [0, 0.1) is 5.92 Å². The molecule has 0 N–H and O–H groups in total. The number of hydrogen-bond acceptors (Lipinski definition) is 3. The summed E-state index contributed by atoms with van der Waals surface area (Å²) in [6, 6.07) is 13.9. The second kappa shape index (κ2) is 10.6. The van der Waals surface area contributed by atoms with E-state index in [1.807, 2.05) is 0 Å². The highest BCUT2D eigenvalue weighted by Gasteiger charge is 2.41. The van der Waals surface area contributed by atoms with E-state index in [-0.39, 0.29) is 40.5 Å². The Balaban J connectivity index is 2.29. The summed E-state index contributed by atoms with van der Waals surface area (Å²) in [5.41, 5.74) is -2.43. The molecule has 0 saturated heterocycles. The number of halogens is 6. The minimum Gasteiger partial charge on any atom is -0.469 e. The molecule has 3 rings (SSSR count). The lowest BCUT2D eigenvalue weighted by Gasteiger charge is -2.25. The van der Waals surface area contributed by atoms with Crippen molar-refractivity contribution in [2.24, 2.45) is 5.92 Å². The maximum absolute atomic E-state index is 14.5. The van der Waals surface area contributed by atoms with E-state index in [1.54, 1.807) is 32.0 Å². The Morgan fingerprint density at radius 2 is 1.50 bits per heavy atom. The Labute approximate surface area is 204 Å². The Morgan fingerprint density at radius 3 is 2.06 bits per heavy atom. The van der Waals surface area contributed by atoms with Gasteiger partial charge in [-0.15, -0.1) is 0 Å². The first-order valence-corrected chi connectivity index (χ1v) is 11.0. The molecular weight excluding hydrogens is 486 g/mol. The Morgan fingerprint density at radius 1 is 0.833 bits per heavy atom. The maximum Gasteiger partial charge on any atom is 0.417 e. The molecule has 3 aromatic rings. The van der Waals surface area contributed by atoms with Crippen molar-refractivity contribution < 1.29 is 40.6 Å². The molecule has 0 radical (unpaired) electrons. The molecule has 9 heteroatoms. The zero-order valence-corrected chi connectivity index (χ0v) is 19.7. The quantitative estimate of drug-likeness (QED) is 0.236. The summed E-state index contributed by atoms with van der Waals surface area (Å²) in [5.74, 6) is -2.66. The van der Waals surface area contributed by atoms with Crippen molar-refractivity contribution >= 4 is 5.97 Å². The third-order valence-corrected chi connectivity index (χ3v) is 5.48. The number of carbonyl (C=O) groups is 1. The third-order valence-electron chi connectivity index (χ3n) is 5.48. The van der Waals surface area contributed by atoms with E-state index in [2.05, 4.69) is 0 Å². The first-order valence-electron chi connectivity index (χ1n) is 11.0. The van der Waals surface area contributed by atoms with Crippen LogP contribution < -0.4 is 4.74 Å². The molecule has 192 valence electrons. The van der Waals surface area contributed by atoms with Crippen LogP contribution in [-0.4, -0.2) is 13.1 Å². The van der Waals surface area contributed by atoms with E-state index in [0.29, 0.717) is 0 Å². The molecular formula is C27H24F6O3. The highest BCUT2D eigenvalue weighted by Crippen LogP contribution is 2.46. The van der Waals surface area contributed by atoms with Crippen LogP contribution in [-0.2, 0) is 21.9 Å². The van der Waals surface area contributed by atoms with Crippen LogP contribution in [0.2, 0.25) is 0 Å². The van der Waals surface area contributed by atoms with Gasteiger partial charge in [-0.3, -0.25) is 4.79 Å². The largest absolute Gasteiger partial charge is 0.469 e. The van der Waals surface area contributed by atoms with Gasteiger partial charge in [0, 0.05) is 0 Å². The average Bonchev–Trinajstić information content (AvgIpc) is 2.81. The van der Waals surface area contributed by atoms with Gasteiger partial charge in [-0.25, -0.2) is 0 Å². The summed E-state index contributed by atoms with van der Waals surface area (Å²) in [5, 5.41) is 0. The highest BCUT2D eigenvalue weighted by molar-refractivity contribution is 5.82. The van der Waals surface area contributed by atoms with Gasteiger partial charge in [0.1, 0.15) is 11.5 Å². The molecule has 3 nitrogen and oxygen atoms in total. The average molecular weight is 510 g/mol. The number of ether oxygens (including phenoxy) is 2. The van der Waals surface area contributed by atoms with Crippen molar-refractivity contribution in [2.45, 2.75) is 38.5 Å². The molecule has 0 amide bonds. The highest BCUT2D eigenvalue weighted by atomic mass is 19.4. The topological polar surface area (TPSA) is 35.5 Å². The molecule has 0 aliphatic carbocycles. The fourth-order valence-electron chi connectivity index (χ4n) is 3.97. The second-order valence-electron chi connectivity index (χ2n) is 8.63. The number of benzene rings is 3. The first kappa shape index (κ1) is 27.1. The number of carbonyl (C=O) groups excluding carboxylic acids is 1. The summed E-state index contributed by atoms with van der Waals surface area (Å²) in [6.45, 7) is 3.51. The van der Waals surface area contributed by atoms with Crippen LogP contribution in [0.15, 0.2) is 66.7 Å². The molecule has 3 aromatic carbocycles. The molecule has 0 saturated carbocycles. The number of rotatable bonds is 7. The van der Waals surface area contributed by atoms with Gasteiger partial charge in [0.05, 0.1) is 24.2 Å². The van der Waals surface area contributed by atoms with Crippen LogP contribution in [0.4, 0.5) is 26.3 Å². The molecule has 0 heterocycles. The van der Waals surface area contributed by atoms with E-state index in [9.17, 15) is 31.1 Å². The van der Waals surface area contributed by atoms with Gasteiger partial charge in [-0.05, 0) is 59.4 Å². The van der Waals surface area contributed by atoms with Crippen molar-refractivity contribution in [3.8, 4) is 22.6 Å². The van der Waals surface area contributed by atoms with Crippen LogP contribution in [0.1, 0.15) is 42.9 Å². The summed E-state index contributed by atoms with van der Waals surface area (Å²) >= 11 is 0. The fraction of sp³-hybridized carbons (Fsp3) is 0.296. The van der Waals surface area contributed by atoms with Crippen LogP contribution in [0.25, 0.3) is 11.1 Å². The van der Waals surface area contributed by atoms with Crippen LogP contribution in [0.3, 0.4) is 0 Å². The van der Waals surface area contributed by atoms with Gasteiger partial charge < -0.3 is 9.47 Å². The standard InChI is InChI=1S/C27H24F6O3/c1-16(2)12-23(25(34)35-3)22-15-20(36-19-11-7-10-18(13-19)26(28,29)30)14-21(24(22)27(31,32)33)17-8-5-4-6-9-17/h4-11,13-16,23H,12H2,1-3H3. The third kappa shape index (κ3) is 6.38. The van der Waals surface area contributed by atoms with Crippen LogP contribution >= 0.6 is 0 Å². The zero-order chi connectivity index (χ0) is 26.7. The lowest BCUT2D eigenvalue weighted by atomic mass is 9.83. The molecule has 1 atom stereocenters. The van der Waals surface area contributed by atoms with Gasteiger partial charge in [0.25, 0.3) is 0 Å². The van der Waals surface area contributed by atoms with E-state index in [1.165, 1.54) is 18.2 Å². The maximum atomic E-state index is 14.5. The van der Waals surface area contributed by atoms with Crippen molar-refractivity contribution in [3.63, 3.8) is 0 Å². The van der Waals surface area contributed by atoms with E-state index >= 15 is 0 Å². The summed E-state index contributed by atoms with van der Waals surface area (Å²) in [7, 11) is 1.09. The van der Waals surface area contributed by atoms with Gasteiger partial charge in [-0.1, -0.05) is 50.2 Å². The monoisotopic (exact) mass is 510 g/mol. The van der Waals surface area contributed by atoms with Gasteiger partial charge in [0.2, 0.25) is 0 Å². The molecule has 0 bridgehead atoms. The van der Waals surface area contributed by atoms with Crippen LogP contribution in [0.5, 0.6) is 11.5 Å². The molecule has 0 spiro atoms. The Bertz CT molecular complexity index is 1200. The molecule has 0 fully saturated rings. The zero-order valence-electron chi connectivity index (χ0n) is 19.7. The Hall–Kier alpha value is -3.49. The molecule has 1 unspecified atom stereocenters. The molecule has 0 aromatic heterocycles. The van der Waals surface area contributed by atoms with Crippen molar-refractivity contribution in [3.05, 3.63) is 83.4 Å². The van der Waals surface area contributed by atoms with E-state index < -0.39 is 35.4 Å². The lowest BCUT2D eigenvalue weighted by Crippen LogP contribution is -2.22. The lowest BCUT2D eigenvalue weighted by molar-refractivity contribution is -0.144. The molecule has 0 aliphatic rings. The first-order chi connectivity index (χ1) is 16.8. The van der Waals surface area contributed by atoms with Gasteiger partial charge in [0.15, 0.2) is 0 Å². The SMILES string of the molecule is COC(=O)C(CC(C)C)c1cc(Oc2cccc(C(F)(F)F)c2)cc(-c2ccccc2)c1C(F)(F)F. The number of esters is 1. The summed E-state index contributed by atoms with van der Waals surface area (Å²) in [6.07, 6.45) is -9.43. The van der Waals surface area contributed by atoms with Gasteiger partial charge in [-0.2, -0.15) is 26.3 Å². The van der Waals surface area contributed by atoms with E-state index in [4.69, 9.17) is 9.47 Å². The van der Waals surface area contributed by atoms with E-state index in [0.717, 1.165) is 37.4 Å². The molecule has 36 heavy (non-hydrogen) atoms. The number of hydrogen-bond donors (Lipinski definition) is 0. The second-order valence-corrected chi connectivity index (χ2v) is 8.63. The van der Waals surface area contributed by atoms with Crippen molar-refractivity contribution in [1.82, 2.24) is 0 Å². The van der Waals surface area contributed by atoms with Crippen molar-refractivity contribution in [2.75, 3.05) is 7.11 Å². The van der Waals surface area contributed by atoms with Crippen molar-refractivity contribution in [1.29, 1.82) is 0 Å². The normalized spacial score (nSPS) is 12.9. The fourth-order valence-corrected chi connectivity index (χ4v) is 3.97. The predicted octanol–water partition coefficient (Wildman–Crippen LogP) is 8.49. The minimum atomic E-state index is -4.85.